The van der Waals surface area contributed by atoms with Crippen molar-refractivity contribution < 1.29 is 9.59 Å². The summed E-state index contributed by atoms with van der Waals surface area (Å²) < 4.78 is 0. The lowest BCUT2D eigenvalue weighted by molar-refractivity contribution is -0.105. The molecule has 1 saturated heterocycles. The number of rotatable bonds is 4. The summed E-state index contributed by atoms with van der Waals surface area (Å²) in [7, 11) is 0. The zero-order valence-electron chi connectivity index (χ0n) is 11.5. The smallest absolute Gasteiger partial charge is 0.211 e. The standard InChI is InChI=1S/C15H20N2O2/c1-11-5-7-17(8-6-11)13-3-4-15(16-10-18)14(9-13)12(2)19/h3-4,9-11H,5-8H2,1-2H3,(H,16,18). The molecule has 19 heavy (non-hydrogen) atoms. The number of carbonyl (C=O) groups is 2. The van der Waals surface area contributed by atoms with Gasteiger partial charge in [-0.1, -0.05) is 6.92 Å². The molecule has 1 fully saturated rings. The van der Waals surface area contributed by atoms with E-state index in [0.29, 0.717) is 17.7 Å². The van der Waals surface area contributed by atoms with E-state index in [1.165, 1.54) is 19.8 Å². The van der Waals surface area contributed by atoms with Crippen molar-refractivity contribution in [1.29, 1.82) is 0 Å². The van der Waals surface area contributed by atoms with Crippen LogP contribution in [0, 0.1) is 5.92 Å². The molecule has 1 heterocycles. The predicted octanol–water partition coefficient (Wildman–Crippen LogP) is 2.69. The largest absolute Gasteiger partial charge is 0.371 e. The van der Waals surface area contributed by atoms with Crippen molar-refractivity contribution in [2.45, 2.75) is 26.7 Å². The first kappa shape index (κ1) is 13.6. The van der Waals surface area contributed by atoms with Crippen molar-refractivity contribution in [3.05, 3.63) is 23.8 Å². The quantitative estimate of drug-likeness (QED) is 0.669. The van der Waals surface area contributed by atoms with Crippen LogP contribution < -0.4 is 10.2 Å². The van der Waals surface area contributed by atoms with Crippen LogP contribution in [0.4, 0.5) is 11.4 Å². The molecule has 102 valence electrons. The third-order valence-corrected chi connectivity index (χ3v) is 3.75. The van der Waals surface area contributed by atoms with E-state index in [9.17, 15) is 9.59 Å². The Labute approximate surface area is 113 Å². The van der Waals surface area contributed by atoms with Crippen molar-refractivity contribution >= 4 is 23.6 Å². The SMILES string of the molecule is CC(=O)c1cc(N2CCC(C)CC2)ccc1NC=O. The minimum absolute atomic E-state index is 0.0309. The Morgan fingerprint density at radius 1 is 1.37 bits per heavy atom. The lowest BCUT2D eigenvalue weighted by atomic mass is 9.98. The van der Waals surface area contributed by atoms with E-state index in [4.69, 9.17) is 0 Å². The number of piperidine rings is 1. The van der Waals surface area contributed by atoms with Crippen LogP contribution in [-0.2, 0) is 4.79 Å². The van der Waals surface area contributed by atoms with Gasteiger partial charge in [0.1, 0.15) is 0 Å². The molecule has 0 unspecified atom stereocenters. The number of nitrogens with zero attached hydrogens (tertiary/aromatic N) is 1. The molecular formula is C15H20N2O2. The van der Waals surface area contributed by atoms with Crippen molar-refractivity contribution in [1.82, 2.24) is 0 Å². The summed E-state index contributed by atoms with van der Waals surface area (Å²) in [6, 6.07) is 5.65. The maximum Gasteiger partial charge on any atom is 0.211 e. The number of carbonyl (C=O) groups excluding carboxylic acids is 2. The Balaban J connectivity index is 2.25. The molecule has 0 saturated carbocycles. The van der Waals surface area contributed by atoms with Gasteiger partial charge < -0.3 is 10.2 Å². The van der Waals surface area contributed by atoms with Crippen LogP contribution in [0.15, 0.2) is 18.2 Å². The number of ketones is 1. The van der Waals surface area contributed by atoms with Crippen LogP contribution >= 0.6 is 0 Å². The summed E-state index contributed by atoms with van der Waals surface area (Å²) in [4.78, 5) is 24.5. The first-order chi connectivity index (χ1) is 9.11. The van der Waals surface area contributed by atoms with Crippen LogP contribution in [0.2, 0.25) is 0 Å². The predicted molar refractivity (Wildman–Crippen MR) is 76.7 cm³/mol. The monoisotopic (exact) mass is 260 g/mol. The maximum absolute atomic E-state index is 11.7. The molecule has 0 spiro atoms. The lowest BCUT2D eigenvalue weighted by Crippen LogP contribution is -2.32. The number of benzene rings is 1. The molecule has 1 aromatic rings. The summed E-state index contributed by atoms with van der Waals surface area (Å²) in [5.41, 5.74) is 2.22. The minimum Gasteiger partial charge on any atom is -0.371 e. The molecule has 1 aromatic carbocycles. The Hall–Kier alpha value is -1.84. The third-order valence-electron chi connectivity index (χ3n) is 3.75. The molecule has 0 aliphatic carbocycles. The molecule has 4 nitrogen and oxygen atoms in total. The molecule has 0 atom stereocenters. The van der Waals surface area contributed by atoms with Gasteiger partial charge in [-0.15, -0.1) is 0 Å². The summed E-state index contributed by atoms with van der Waals surface area (Å²) >= 11 is 0. The summed E-state index contributed by atoms with van der Waals surface area (Å²) in [5.74, 6) is 0.746. The first-order valence-corrected chi connectivity index (χ1v) is 6.72. The fraction of sp³-hybridized carbons (Fsp3) is 0.467. The second kappa shape index (κ2) is 5.87. The number of hydrogen-bond acceptors (Lipinski definition) is 3. The van der Waals surface area contributed by atoms with Gasteiger partial charge in [0.05, 0.1) is 5.69 Å². The molecule has 0 radical (unpaired) electrons. The average Bonchev–Trinajstić information content (AvgIpc) is 2.40. The van der Waals surface area contributed by atoms with Crippen LogP contribution in [0.5, 0.6) is 0 Å². The van der Waals surface area contributed by atoms with Crippen molar-refractivity contribution in [2.75, 3.05) is 23.3 Å². The Morgan fingerprint density at radius 3 is 2.63 bits per heavy atom. The van der Waals surface area contributed by atoms with Gasteiger partial charge in [0, 0.05) is 24.3 Å². The van der Waals surface area contributed by atoms with Gasteiger partial charge in [-0.25, -0.2) is 0 Å². The molecule has 2 rings (SSSR count). The molecular weight excluding hydrogens is 240 g/mol. The highest BCUT2D eigenvalue weighted by atomic mass is 16.1. The summed E-state index contributed by atoms with van der Waals surface area (Å²) in [5, 5.41) is 2.57. The van der Waals surface area contributed by atoms with Gasteiger partial charge in [-0.2, -0.15) is 0 Å². The lowest BCUT2D eigenvalue weighted by Gasteiger charge is -2.32. The van der Waals surface area contributed by atoms with Crippen LogP contribution in [0.3, 0.4) is 0 Å². The van der Waals surface area contributed by atoms with Crippen LogP contribution in [0.1, 0.15) is 37.0 Å². The highest BCUT2D eigenvalue weighted by Gasteiger charge is 2.17. The highest BCUT2D eigenvalue weighted by molar-refractivity contribution is 6.02. The fourth-order valence-electron chi connectivity index (χ4n) is 2.48. The summed E-state index contributed by atoms with van der Waals surface area (Å²) in [6.07, 6.45) is 2.97. The zero-order valence-corrected chi connectivity index (χ0v) is 11.5. The van der Waals surface area contributed by atoms with Crippen molar-refractivity contribution in [2.24, 2.45) is 5.92 Å². The van der Waals surface area contributed by atoms with E-state index in [1.54, 1.807) is 6.07 Å². The number of Topliss-reactive ketones (excluding diaryl/α,β-unsaturated/α-hetero) is 1. The maximum atomic E-state index is 11.7. The number of hydrogen-bond donors (Lipinski definition) is 1. The first-order valence-electron chi connectivity index (χ1n) is 6.72. The van der Waals surface area contributed by atoms with E-state index in [0.717, 1.165) is 24.7 Å². The minimum atomic E-state index is -0.0309. The topological polar surface area (TPSA) is 49.4 Å². The van der Waals surface area contributed by atoms with E-state index in [1.807, 2.05) is 12.1 Å². The molecule has 1 amide bonds. The number of anilines is 2. The third kappa shape index (κ3) is 3.13. The van der Waals surface area contributed by atoms with E-state index in [2.05, 4.69) is 17.1 Å². The molecule has 4 heteroatoms. The van der Waals surface area contributed by atoms with E-state index >= 15 is 0 Å². The molecule has 0 aromatic heterocycles. The second-order valence-electron chi connectivity index (χ2n) is 5.22. The Morgan fingerprint density at radius 2 is 2.05 bits per heavy atom. The molecule has 0 bridgehead atoms. The van der Waals surface area contributed by atoms with Gasteiger partial charge in [0.15, 0.2) is 5.78 Å². The highest BCUT2D eigenvalue weighted by Crippen LogP contribution is 2.27. The molecule has 1 aliphatic heterocycles. The van der Waals surface area contributed by atoms with E-state index < -0.39 is 0 Å². The fourth-order valence-corrected chi connectivity index (χ4v) is 2.48. The Kier molecular flexibility index (Phi) is 4.20. The van der Waals surface area contributed by atoms with Crippen LogP contribution in [0.25, 0.3) is 0 Å². The molecule has 1 aliphatic rings. The normalized spacial score (nSPS) is 16.2. The number of nitrogens with one attached hydrogen (secondary N) is 1. The molecule has 1 N–H and O–H groups in total. The van der Waals surface area contributed by atoms with E-state index in [-0.39, 0.29) is 5.78 Å². The second-order valence-corrected chi connectivity index (χ2v) is 5.22. The van der Waals surface area contributed by atoms with Crippen molar-refractivity contribution in [3.8, 4) is 0 Å². The van der Waals surface area contributed by atoms with Gasteiger partial charge in [0.25, 0.3) is 0 Å². The van der Waals surface area contributed by atoms with Crippen molar-refractivity contribution in [3.63, 3.8) is 0 Å². The average molecular weight is 260 g/mol. The zero-order chi connectivity index (χ0) is 13.8. The van der Waals surface area contributed by atoms with Gasteiger partial charge in [-0.05, 0) is 43.9 Å². The number of amides is 1. The Bertz CT molecular complexity index is 477. The van der Waals surface area contributed by atoms with Gasteiger partial charge >= 0.3 is 0 Å². The van der Waals surface area contributed by atoms with Gasteiger partial charge in [-0.3, -0.25) is 9.59 Å². The summed E-state index contributed by atoms with van der Waals surface area (Å²) in [6.45, 7) is 5.85. The van der Waals surface area contributed by atoms with Crippen LogP contribution in [-0.4, -0.2) is 25.3 Å². The van der Waals surface area contributed by atoms with Gasteiger partial charge in [0.2, 0.25) is 6.41 Å².